The fraction of sp³-hybridized carbons (Fsp3) is 0.600. The van der Waals surface area contributed by atoms with Gasteiger partial charge in [-0.3, -0.25) is 0 Å². The van der Waals surface area contributed by atoms with E-state index in [9.17, 15) is 8.42 Å². The quantitative estimate of drug-likeness (QED) is 0.838. The summed E-state index contributed by atoms with van der Waals surface area (Å²) >= 11 is 0. The van der Waals surface area contributed by atoms with Crippen molar-refractivity contribution in [3.63, 3.8) is 0 Å². The van der Waals surface area contributed by atoms with Gasteiger partial charge in [0, 0.05) is 19.6 Å². The Labute approximate surface area is 127 Å². The lowest BCUT2D eigenvalue weighted by molar-refractivity contribution is 0.349. The van der Waals surface area contributed by atoms with Crippen LogP contribution in [-0.4, -0.2) is 32.4 Å². The van der Waals surface area contributed by atoms with E-state index in [4.69, 9.17) is 5.73 Å². The summed E-state index contributed by atoms with van der Waals surface area (Å²) in [7, 11) is -0.410. The van der Waals surface area contributed by atoms with Crippen molar-refractivity contribution in [3.8, 4) is 0 Å². The number of nitrogens with one attached hydrogen (secondary N) is 1. The molecule has 0 aromatic heterocycles. The van der Waals surface area contributed by atoms with Crippen molar-refractivity contribution < 1.29 is 8.42 Å². The maximum Gasteiger partial charge on any atom is 0.242 e. The van der Waals surface area contributed by atoms with Crippen molar-refractivity contribution in [2.75, 3.05) is 25.1 Å². The van der Waals surface area contributed by atoms with Crippen molar-refractivity contribution in [1.82, 2.24) is 4.31 Å². The van der Waals surface area contributed by atoms with Gasteiger partial charge in [0.1, 0.15) is 0 Å². The molecule has 1 aromatic rings. The predicted octanol–water partition coefficient (Wildman–Crippen LogP) is 2.65. The molecular weight excluding hydrogens is 286 g/mol. The van der Waals surface area contributed by atoms with E-state index in [0.29, 0.717) is 5.69 Å². The molecule has 0 bridgehead atoms. The summed E-state index contributed by atoms with van der Waals surface area (Å²) in [5, 5.41) is 3.50. The highest BCUT2D eigenvalue weighted by Crippen LogP contribution is 2.33. The van der Waals surface area contributed by atoms with Crippen LogP contribution in [0.3, 0.4) is 0 Å². The second-order valence-corrected chi connectivity index (χ2v) is 8.43. The van der Waals surface area contributed by atoms with Gasteiger partial charge in [0.15, 0.2) is 0 Å². The molecule has 1 aliphatic carbocycles. The van der Waals surface area contributed by atoms with Gasteiger partial charge in [-0.25, -0.2) is 12.7 Å². The van der Waals surface area contributed by atoms with Crippen LogP contribution in [0.1, 0.15) is 39.0 Å². The molecule has 0 amide bonds. The van der Waals surface area contributed by atoms with Gasteiger partial charge in [-0.1, -0.05) is 19.3 Å². The van der Waals surface area contributed by atoms with Crippen LogP contribution in [0, 0.1) is 0 Å². The van der Waals surface area contributed by atoms with Crippen molar-refractivity contribution >= 4 is 21.4 Å². The summed E-state index contributed by atoms with van der Waals surface area (Å²) in [5.41, 5.74) is 7.39. The molecule has 0 saturated heterocycles. The topological polar surface area (TPSA) is 75.4 Å². The Morgan fingerprint density at radius 2 is 1.81 bits per heavy atom. The summed E-state index contributed by atoms with van der Waals surface area (Å²) in [6.07, 6.45) is 5.95. The van der Waals surface area contributed by atoms with E-state index in [1.54, 1.807) is 12.1 Å². The minimum Gasteiger partial charge on any atom is -0.397 e. The number of nitrogen functional groups attached to an aromatic ring is 1. The molecule has 2 rings (SSSR count). The van der Waals surface area contributed by atoms with Crippen LogP contribution in [0.15, 0.2) is 23.1 Å². The van der Waals surface area contributed by atoms with Crippen LogP contribution < -0.4 is 11.1 Å². The highest BCUT2D eigenvalue weighted by molar-refractivity contribution is 7.89. The summed E-state index contributed by atoms with van der Waals surface area (Å²) in [5.74, 6) is 0. The Morgan fingerprint density at radius 1 is 1.19 bits per heavy atom. The average molecular weight is 311 g/mol. The molecule has 1 fully saturated rings. The molecule has 6 heteroatoms. The van der Waals surface area contributed by atoms with Gasteiger partial charge in [-0.2, -0.15) is 0 Å². The van der Waals surface area contributed by atoms with E-state index in [-0.39, 0.29) is 10.4 Å². The molecule has 118 valence electrons. The van der Waals surface area contributed by atoms with E-state index in [1.165, 1.54) is 43.7 Å². The smallest absolute Gasteiger partial charge is 0.242 e. The minimum atomic E-state index is -3.44. The first-order chi connectivity index (χ1) is 9.74. The first kappa shape index (κ1) is 16.1. The fourth-order valence-electron chi connectivity index (χ4n) is 2.81. The molecule has 0 unspecified atom stereocenters. The number of nitrogens with zero attached hydrogens (tertiary/aromatic N) is 1. The number of sulfonamides is 1. The highest BCUT2D eigenvalue weighted by Gasteiger charge is 2.27. The predicted molar refractivity (Wildman–Crippen MR) is 86.8 cm³/mol. The Hall–Kier alpha value is -1.27. The Bertz CT molecular complexity index is 605. The Balaban J connectivity index is 2.24. The third-order valence-corrected chi connectivity index (χ3v) is 6.01. The van der Waals surface area contributed by atoms with Crippen molar-refractivity contribution in [1.29, 1.82) is 0 Å². The summed E-state index contributed by atoms with van der Waals surface area (Å²) < 4.78 is 25.4. The van der Waals surface area contributed by atoms with E-state index in [1.807, 2.05) is 0 Å². The molecule has 3 N–H and O–H groups in total. The zero-order chi connectivity index (χ0) is 15.7. The first-order valence-electron chi connectivity index (χ1n) is 7.35. The van der Waals surface area contributed by atoms with E-state index in [2.05, 4.69) is 12.2 Å². The molecule has 1 saturated carbocycles. The molecule has 0 radical (unpaired) electrons. The Morgan fingerprint density at radius 3 is 2.33 bits per heavy atom. The van der Waals surface area contributed by atoms with E-state index >= 15 is 0 Å². The van der Waals surface area contributed by atoms with Crippen molar-refractivity contribution in [2.24, 2.45) is 0 Å². The van der Waals surface area contributed by atoms with Gasteiger partial charge < -0.3 is 11.1 Å². The number of anilines is 2. The van der Waals surface area contributed by atoms with E-state index in [0.717, 1.165) is 18.5 Å². The number of rotatable bonds is 4. The number of nitrogens with two attached hydrogens (primary N) is 1. The lowest BCUT2D eigenvalue weighted by Gasteiger charge is -2.36. The molecule has 1 aliphatic rings. The van der Waals surface area contributed by atoms with Gasteiger partial charge >= 0.3 is 0 Å². The maximum absolute atomic E-state index is 12.1. The van der Waals surface area contributed by atoms with Gasteiger partial charge in [-0.15, -0.1) is 0 Å². The van der Waals surface area contributed by atoms with Gasteiger partial charge in [-0.05, 0) is 38.0 Å². The van der Waals surface area contributed by atoms with Crippen LogP contribution in [0.5, 0.6) is 0 Å². The third kappa shape index (κ3) is 3.49. The highest BCUT2D eigenvalue weighted by atomic mass is 32.2. The molecule has 1 aromatic carbocycles. The van der Waals surface area contributed by atoms with Crippen LogP contribution in [0.2, 0.25) is 0 Å². The SMILES string of the molecule is CN(C)S(=O)(=O)c1ccc(NC2(C)CCCCC2)c(N)c1. The number of benzene rings is 1. The summed E-state index contributed by atoms with van der Waals surface area (Å²) in [6, 6.07) is 4.91. The van der Waals surface area contributed by atoms with Crippen LogP contribution >= 0.6 is 0 Å². The van der Waals surface area contributed by atoms with Crippen LogP contribution in [0.4, 0.5) is 11.4 Å². The van der Waals surface area contributed by atoms with Crippen molar-refractivity contribution in [2.45, 2.75) is 49.5 Å². The molecule has 0 aliphatic heterocycles. The average Bonchev–Trinajstić information content (AvgIpc) is 2.41. The zero-order valence-electron chi connectivity index (χ0n) is 13.0. The summed E-state index contributed by atoms with van der Waals surface area (Å²) in [4.78, 5) is 0.226. The monoisotopic (exact) mass is 311 g/mol. The van der Waals surface area contributed by atoms with Gasteiger partial charge in [0.2, 0.25) is 10.0 Å². The van der Waals surface area contributed by atoms with Crippen molar-refractivity contribution in [3.05, 3.63) is 18.2 Å². The lowest BCUT2D eigenvalue weighted by atomic mass is 9.83. The second-order valence-electron chi connectivity index (χ2n) is 6.28. The number of hydrogen-bond acceptors (Lipinski definition) is 4. The van der Waals surface area contributed by atoms with Gasteiger partial charge in [0.05, 0.1) is 16.3 Å². The largest absolute Gasteiger partial charge is 0.397 e. The van der Waals surface area contributed by atoms with Crippen LogP contribution in [-0.2, 0) is 10.0 Å². The molecule has 0 spiro atoms. The Kier molecular flexibility index (Phi) is 4.49. The maximum atomic E-state index is 12.1. The molecule has 5 nitrogen and oxygen atoms in total. The molecule has 21 heavy (non-hydrogen) atoms. The minimum absolute atomic E-state index is 0.0499. The third-order valence-electron chi connectivity index (χ3n) is 4.20. The fourth-order valence-corrected chi connectivity index (χ4v) is 3.75. The molecule has 0 atom stereocenters. The first-order valence-corrected chi connectivity index (χ1v) is 8.79. The normalized spacial score (nSPS) is 18.7. The number of hydrogen-bond donors (Lipinski definition) is 2. The van der Waals surface area contributed by atoms with Gasteiger partial charge in [0.25, 0.3) is 0 Å². The lowest BCUT2D eigenvalue weighted by Crippen LogP contribution is -2.37. The molecular formula is C15H25N3O2S. The van der Waals surface area contributed by atoms with Crippen LogP contribution in [0.25, 0.3) is 0 Å². The standard InChI is InChI=1S/C15H25N3O2S/c1-15(9-5-4-6-10-15)17-14-8-7-12(11-13(14)16)21(19,20)18(2)3/h7-8,11,17H,4-6,9-10,16H2,1-3H3. The zero-order valence-corrected chi connectivity index (χ0v) is 13.8. The molecule has 0 heterocycles. The van der Waals surface area contributed by atoms with E-state index < -0.39 is 10.0 Å². The second kappa shape index (κ2) is 5.85. The summed E-state index contributed by atoms with van der Waals surface area (Å²) in [6.45, 7) is 2.20.